The largest absolute Gasteiger partial charge is 0.326 e. The first kappa shape index (κ1) is 13.1. The minimum absolute atomic E-state index is 0.424. The van der Waals surface area contributed by atoms with Crippen molar-refractivity contribution >= 4 is 46.0 Å². The first-order valence-corrected chi connectivity index (χ1v) is 7.59. The van der Waals surface area contributed by atoms with E-state index in [1.807, 2.05) is 30.0 Å². The molecular weight excluding hydrogens is 275 g/mol. The second-order valence-electron chi connectivity index (χ2n) is 3.95. The normalized spacial score (nSPS) is 13.2. The van der Waals surface area contributed by atoms with Gasteiger partial charge in [-0.15, -0.1) is 11.6 Å². The summed E-state index contributed by atoms with van der Waals surface area (Å²) in [4.78, 5) is 4.52. The second-order valence-corrected chi connectivity index (χ2v) is 5.93. The van der Waals surface area contributed by atoms with Crippen LogP contribution < -0.4 is 0 Å². The van der Waals surface area contributed by atoms with Crippen LogP contribution in [0.25, 0.3) is 11.0 Å². The highest BCUT2D eigenvalue weighted by molar-refractivity contribution is 7.99. The highest BCUT2D eigenvalue weighted by Gasteiger charge is 2.12. The van der Waals surface area contributed by atoms with E-state index >= 15 is 0 Å². The lowest BCUT2D eigenvalue weighted by atomic mass is 10.3. The Morgan fingerprint density at radius 3 is 2.88 bits per heavy atom. The van der Waals surface area contributed by atoms with Crippen molar-refractivity contribution in [3.63, 3.8) is 0 Å². The molecule has 0 aliphatic carbocycles. The fourth-order valence-electron chi connectivity index (χ4n) is 1.78. The van der Waals surface area contributed by atoms with Crippen LogP contribution in [0.4, 0.5) is 0 Å². The Hall–Kier alpha value is -0.380. The van der Waals surface area contributed by atoms with E-state index in [4.69, 9.17) is 23.2 Å². The summed E-state index contributed by atoms with van der Waals surface area (Å²) < 4.78 is 2.16. The summed E-state index contributed by atoms with van der Waals surface area (Å²) in [6.45, 7) is 3.10. The maximum absolute atomic E-state index is 6.03. The predicted octanol–water partition coefficient (Wildman–Crippen LogP) is 4.18. The Balaban J connectivity index is 2.52. The van der Waals surface area contributed by atoms with Crippen molar-refractivity contribution in [3.05, 3.63) is 29.0 Å². The number of benzene rings is 1. The third-order valence-corrected chi connectivity index (χ3v) is 4.18. The summed E-state index contributed by atoms with van der Waals surface area (Å²) in [7, 11) is 0. The van der Waals surface area contributed by atoms with Gasteiger partial charge in [-0.3, -0.25) is 0 Å². The number of fused-ring (bicyclic) bond motifs is 1. The molecule has 0 bridgehead atoms. The summed E-state index contributed by atoms with van der Waals surface area (Å²) >= 11 is 13.8. The Kier molecular flexibility index (Phi) is 4.23. The zero-order chi connectivity index (χ0) is 12.4. The smallest absolute Gasteiger partial charge is 0.124 e. The number of alkyl halides is 1. The summed E-state index contributed by atoms with van der Waals surface area (Å²) in [6, 6.07) is 5.75. The molecule has 17 heavy (non-hydrogen) atoms. The van der Waals surface area contributed by atoms with E-state index in [0.29, 0.717) is 11.1 Å². The number of hydrogen-bond donors (Lipinski definition) is 0. The van der Waals surface area contributed by atoms with E-state index in [9.17, 15) is 0 Å². The number of hydrogen-bond acceptors (Lipinski definition) is 2. The quantitative estimate of drug-likeness (QED) is 0.786. The molecule has 1 aromatic heterocycles. The second kappa shape index (κ2) is 5.51. The molecule has 1 aromatic carbocycles. The van der Waals surface area contributed by atoms with Gasteiger partial charge in [0.25, 0.3) is 0 Å². The summed E-state index contributed by atoms with van der Waals surface area (Å²) in [5.41, 5.74) is 2.02. The fourth-order valence-corrected chi connectivity index (χ4v) is 2.45. The monoisotopic (exact) mass is 288 g/mol. The van der Waals surface area contributed by atoms with Gasteiger partial charge in [-0.2, -0.15) is 11.8 Å². The van der Waals surface area contributed by atoms with Gasteiger partial charge in [-0.05, 0) is 24.5 Å². The minimum atomic E-state index is 0.424. The molecule has 0 amide bonds. The lowest BCUT2D eigenvalue weighted by Gasteiger charge is -2.12. The van der Waals surface area contributed by atoms with Crippen LogP contribution in [0.5, 0.6) is 0 Å². The SMILES string of the molecule is CSC(C)Cn1c(CCl)nc2ccc(Cl)cc21. The zero-order valence-electron chi connectivity index (χ0n) is 9.78. The Bertz CT molecular complexity index is 524. The van der Waals surface area contributed by atoms with Gasteiger partial charge in [0.2, 0.25) is 0 Å². The molecule has 1 heterocycles. The lowest BCUT2D eigenvalue weighted by Crippen LogP contribution is -2.11. The first-order valence-electron chi connectivity index (χ1n) is 5.39. The molecule has 2 rings (SSSR count). The van der Waals surface area contributed by atoms with E-state index in [1.54, 1.807) is 0 Å². The zero-order valence-corrected chi connectivity index (χ0v) is 12.1. The number of thioether (sulfide) groups is 1. The van der Waals surface area contributed by atoms with Crippen molar-refractivity contribution in [3.8, 4) is 0 Å². The van der Waals surface area contributed by atoms with Crippen LogP contribution in [0.1, 0.15) is 12.7 Å². The number of imidazole rings is 1. The van der Waals surface area contributed by atoms with Crippen LogP contribution in [-0.2, 0) is 12.4 Å². The standard InChI is InChI=1S/C12H14Cl2N2S/c1-8(17-2)7-16-11-5-9(14)3-4-10(11)15-12(16)6-13/h3-5,8H,6-7H2,1-2H3. The lowest BCUT2D eigenvalue weighted by molar-refractivity contribution is 0.685. The van der Waals surface area contributed by atoms with Crippen molar-refractivity contribution in [1.29, 1.82) is 0 Å². The van der Waals surface area contributed by atoms with Crippen LogP contribution in [0.15, 0.2) is 18.2 Å². The van der Waals surface area contributed by atoms with Gasteiger partial charge < -0.3 is 4.57 Å². The average molecular weight is 289 g/mol. The number of rotatable bonds is 4. The Morgan fingerprint density at radius 1 is 1.47 bits per heavy atom. The molecule has 1 atom stereocenters. The third-order valence-electron chi connectivity index (χ3n) is 2.75. The van der Waals surface area contributed by atoms with Gasteiger partial charge in [0.1, 0.15) is 5.82 Å². The van der Waals surface area contributed by atoms with E-state index in [-0.39, 0.29) is 0 Å². The van der Waals surface area contributed by atoms with Gasteiger partial charge in [0.05, 0.1) is 16.9 Å². The number of halogens is 2. The van der Waals surface area contributed by atoms with E-state index in [0.717, 1.165) is 28.4 Å². The highest BCUT2D eigenvalue weighted by Crippen LogP contribution is 2.23. The Labute approximate surface area is 115 Å². The van der Waals surface area contributed by atoms with Crippen molar-refractivity contribution < 1.29 is 0 Å². The van der Waals surface area contributed by atoms with Crippen LogP contribution in [0.3, 0.4) is 0 Å². The van der Waals surface area contributed by atoms with Crippen LogP contribution in [0.2, 0.25) is 5.02 Å². The first-order chi connectivity index (χ1) is 8.15. The Morgan fingerprint density at radius 2 is 2.24 bits per heavy atom. The fraction of sp³-hybridized carbons (Fsp3) is 0.417. The molecular formula is C12H14Cl2N2S. The molecule has 2 nitrogen and oxygen atoms in total. The van der Waals surface area contributed by atoms with E-state index in [1.165, 1.54) is 0 Å². The highest BCUT2D eigenvalue weighted by atomic mass is 35.5. The van der Waals surface area contributed by atoms with Crippen LogP contribution in [-0.4, -0.2) is 21.1 Å². The van der Waals surface area contributed by atoms with E-state index in [2.05, 4.69) is 22.7 Å². The molecule has 92 valence electrons. The average Bonchev–Trinajstić information content (AvgIpc) is 2.67. The van der Waals surface area contributed by atoms with Crippen LogP contribution >= 0.6 is 35.0 Å². The predicted molar refractivity (Wildman–Crippen MR) is 77.3 cm³/mol. The molecule has 0 radical (unpaired) electrons. The molecule has 2 aromatic rings. The molecule has 5 heteroatoms. The molecule has 0 saturated heterocycles. The molecule has 0 saturated carbocycles. The van der Waals surface area contributed by atoms with Crippen molar-refractivity contribution in [2.24, 2.45) is 0 Å². The molecule has 0 aliphatic heterocycles. The van der Waals surface area contributed by atoms with E-state index < -0.39 is 0 Å². The topological polar surface area (TPSA) is 17.8 Å². The summed E-state index contributed by atoms with van der Waals surface area (Å²) in [5.74, 6) is 1.33. The summed E-state index contributed by atoms with van der Waals surface area (Å²) in [6.07, 6.45) is 2.11. The minimum Gasteiger partial charge on any atom is -0.326 e. The van der Waals surface area contributed by atoms with Crippen LogP contribution in [0, 0.1) is 0 Å². The molecule has 0 aliphatic rings. The van der Waals surface area contributed by atoms with Gasteiger partial charge in [0.15, 0.2) is 0 Å². The summed E-state index contributed by atoms with van der Waals surface area (Å²) in [5, 5.41) is 1.25. The van der Waals surface area contributed by atoms with Crippen molar-refractivity contribution in [2.75, 3.05) is 6.26 Å². The van der Waals surface area contributed by atoms with Crippen molar-refractivity contribution in [1.82, 2.24) is 9.55 Å². The van der Waals surface area contributed by atoms with Gasteiger partial charge in [-0.1, -0.05) is 18.5 Å². The molecule has 0 fully saturated rings. The number of nitrogens with zero attached hydrogens (tertiary/aromatic N) is 2. The van der Waals surface area contributed by atoms with Gasteiger partial charge >= 0.3 is 0 Å². The maximum atomic E-state index is 6.03. The molecule has 0 spiro atoms. The maximum Gasteiger partial charge on any atom is 0.124 e. The van der Waals surface area contributed by atoms with Gasteiger partial charge in [0, 0.05) is 16.8 Å². The number of aromatic nitrogens is 2. The third kappa shape index (κ3) is 2.72. The van der Waals surface area contributed by atoms with Gasteiger partial charge in [-0.25, -0.2) is 4.98 Å². The van der Waals surface area contributed by atoms with Crippen molar-refractivity contribution in [2.45, 2.75) is 24.6 Å². The molecule has 1 unspecified atom stereocenters. The molecule has 0 N–H and O–H groups in total.